The second kappa shape index (κ2) is 4.19. The van der Waals surface area contributed by atoms with Crippen molar-refractivity contribution in [3.63, 3.8) is 0 Å². The lowest BCUT2D eigenvalue weighted by atomic mass is 9.73. The first kappa shape index (κ1) is 13.4. The van der Waals surface area contributed by atoms with Crippen molar-refractivity contribution in [3.8, 4) is 0 Å². The molecule has 2 unspecified atom stereocenters. The molecule has 0 amide bonds. The number of hydrogen-bond acceptors (Lipinski definition) is 3. The third kappa shape index (κ3) is 1.56. The molecule has 1 aliphatic carbocycles. The summed E-state index contributed by atoms with van der Waals surface area (Å²) in [7, 11) is -3.41. The van der Waals surface area contributed by atoms with Crippen molar-refractivity contribution in [1.82, 2.24) is 4.31 Å². The Hall–Kier alpha value is -0.620. The van der Waals surface area contributed by atoms with Crippen molar-refractivity contribution in [2.75, 3.05) is 6.54 Å². The highest BCUT2D eigenvalue weighted by Gasteiger charge is 2.60. The average molecular weight is 301 g/mol. The smallest absolute Gasteiger partial charge is 0.225 e. The summed E-state index contributed by atoms with van der Waals surface area (Å²) in [5.41, 5.74) is 7.93. The van der Waals surface area contributed by atoms with Gasteiger partial charge >= 0.3 is 0 Å². The first-order chi connectivity index (χ1) is 8.93. The van der Waals surface area contributed by atoms with Gasteiger partial charge in [-0.3, -0.25) is 0 Å². The molecule has 2 atom stereocenters. The van der Waals surface area contributed by atoms with E-state index in [0.717, 1.165) is 17.5 Å². The van der Waals surface area contributed by atoms with E-state index in [2.05, 4.69) is 0 Å². The monoisotopic (exact) mass is 300 g/mol. The zero-order valence-corrected chi connectivity index (χ0v) is 12.3. The summed E-state index contributed by atoms with van der Waals surface area (Å²) in [5, 5.41) is 0.567. The number of nitrogens with two attached hydrogens (primary N) is 1. The summed E-state index contributed by atoms with van der Waals surface area (Å²) >= 11 is 6.05. The lowest BCUT2D eigenvalue weighted by Crippen LogP contribution is -2.64. The van der Waals surface area contributed by atoms with Crippen LogP contribution in [0.4, 0.5) is 0 Å². The van der Waals surface area contributed by atoms with Crippen LogP contribution < -0.4 is 5.73 Å². The Kier molecular flexibility index (Phi) is 2.94. The van der Waals surface area contributed by atoms with Gasteiger partial charge in [-0.2, -0.15) is 4.31 Å². The maximum atomic E-state index is 12.8. The van der Waals surface area contributed by atoms with E-state index in [4.69, 9.17) is 17.3 Å². The second-order valence-electron chi connectivity index (χ2n) is 5.27. The van der Waals surface area contributed by atoms with Crippen LogP contribution in [0.1, 0.15) is 30.9 Å². The summed E-state index contributed by atoms with van der Waals surface area (Å²) in [4.78, 5) is 0. The second-order valence-corrected chi connectivity index (χ2v) is 7.90. The summed E-state index contributed by atoms with van der Waals surface area (Å²) in [6.07, 6.45) is 1.32. The number of sulfonamides is 1. The predicted molar refractivity (Wildman–Crippen MR) is 75.3 cm³/mol. The van der Waals surface area contributed by atoms with Gasteiger partial charge in [0.2, 0.25) is 10.0 Å². The zero-order valence-electron chi connectivity index (χ0n) is 10.8. The first-order valence-corrected chi connectivity index (χ1v) is 8.29. The minimum atomic E-state index is -3.41. The van der Waals surface area contributed by atoms with Crippen LogP contribution in [-0.2, 0) is 21.3 Å². The molecule has 1 aromatic carbocycles. The largest absolute Gasteiger partial charge is 0.326 e. The Labute approximate surface area is 118 Å². The van der Waals surface area contributed by atoms with Crippen LogP contribution in [0.25, 0.3) is 0 Å². The third-order valence-corrected chi connectivity index (χ3v) is 7.40. The first-order valence-electron chi connectivity index (χ1n) is 6.47. The summed E-state index contributed by atoms with van der Waals surface area (Å²) in [6, 6.07) is 5.16. The SMILES string of the molecule is CCN1Cc2ccc(Cl)cc2C2(CCC2N)S1(=O)=O. The van der Waals surface area contributed by atoms with Crippen LogP contribution in [0.3, 0.4) is 0 Å². The number of fused-ring (bicyclic) bond motifs is 2. The van der Waals surface area contributed by atoms with Crippen LogP contribution >= 0.6 is 11.6 Å². The van der Waals surface area contributed by atoms with Crippen molar-refractivity contribution in [2.45, 2.75) is 37.1 Å². The molecule has 1 saturated carbocycles. The molecule has 0 radical (unpaired) electrons. The lowest BCUT2D eigenvalue weighted by Gasteiger charge is -2.52. The van der Waals surface area contributed by atoms with E-state index in [9.17, 15) is 8.42 Å². The fourth-order valence-electron chi connectivity index (χ4n) is 3.23. The molecule has 0 saturated heterocycles. The van der Waals surface area contributed by atoms with Gasteiger partial charge in [0.25, 0.3) is 0 Å². The van der Waals surface area contributed by atoms with E-state index < -0.39 is 14.8 Å². The Morgan fingerprint density at radius 2 is 2.26 bits per heavy atom. The standard InChI is InChI=1S/C13H17ClN2O2S/c1-2-16-8-9-3-4-10(14)7-11(9)13(19(16,17)18)6-5-12(13)15/h3-4,7,12H,2,5-6,8,15H2,1H3. The van der Waals surface area contributed by atoms with Gasteiger partial charge in [0, 0.05) is 24.2 Å². The van der Waals surface area contributed by atoms with E-state index in [-0.39, 0.29) is 6.04 Å². The van der Waals surface area contributed by atoms with Crippen LogP contribution in [0.5, 0.6) is 0 Å². The maximum absolute atomic E-state index is 12.8. The zero-order chi connectivity index (χ0) is 13.8. The molecular formula is C13H17ClN2O2S. The molecule has 1 aromatic rings. The molecule has 6 heteroatoms. The predicted octanol–water partition coefficient (Wildman–Crippen LogP) is 1.82. The number of benzene rings is 1. The molecule has 104 valence electrons. The van der Waals surface area contributed by atoms with Gasteiger partial charge in [0.1, 0.15) is 4.75 Å². The van der Waals surface area contributed by atoms with Gasteiger partial charge in [-0.05, 0) is 36.1 Å². The molecule has 0 bridgehead atoms. The number of halogens is 1. The fourth-order valence-corrected chi connectivity index (χ4v) is 5.86. The highest BCUT2D eigenvalue weighted by atomic mass is 35.5. The van der Waals surface area contributed by atoms with E-state index >= 15 is 0 Å². The van der Waals surface area contributed by atoms with Gasteiger partial charge in [-0.15, -0.1) is 0 Å². The summed E-state index contributed by atoms with van der Waals surface area (Å²) in [6.45, 7) is 2.75. The minimum absolute atomic E-state index is 0.343. The van der Waals surface area contributed by atoms with Gasteiger partial charge in [-0.1, -0.05) is 24.6 Å². The Balaban J connectivity index is 2.28. The van der Waals surface area contributed by atoms with Crippen LogP contribution in [0.2, 0.25) is 5.02 Å². The number of nitrogens with zero attached hydrogens (tertiary/aromatic N) is 1. The molecular weight excluding hydrogens is 284 g/mol. The lowest BCUT2D eigenvalue weighted by molar-refractivity contribution is 0.247. The Morgan fingerprint density at radius 1 is 1.53 bits per heavy atom. The molecule has 1 fully saturated rings. The van der Waals surface area contributed by atoms with Gasteiger partial charge in [0.15, 0.2) is 0 Å². The highest BCUT2D eigenvalue weighted by Crippen LogP contribution is 2.52. The van der Waals surface area contributed by atoms with Crippen LogP contribution in [-0.4, -0.2) is 25.3 Å². The van der Waals surface area contributed by atoms with Crippen molar-refractivity contribution >= 4 is 21.6 Å². The van der Waals surface area contributed by atoms with Crippen molar-refractivity contribution in [2.24, 2.45) is 5.73 Å². The number of hydrogen-bond donors (Lipinski definition) is 1. The molecule has 2 N–H and O–H groups in total. The molecule has 4 nitrogen and oxygen atoms in total. The van der Waals surface area contributed by atoms with E-state index in [1.54, 1.807) is 6.07 Å². The summed E-state index contributed by atoms with van der Waals surface area (Å²) < 4.78 is 26.2. The molecule has 1 aliphatic heterocycles. The average Bonchev–Trinajstić information content (AvgIpc) is 2.35. The van der Waals surface area contributed by atoms with Crippen molar-refractivity contribution < 1.29 is 8.42 Å². The van der Waals surface area contributed by atoms with Gasteiger partial charge in [0.05, 0.1) is 0 Å². The van der Waals surface area contributed by atoms with Crippen molar-refractivity contribution in [1.29, 1.82) is 0 Å². The van der Waals surface area contributed by atoms with Gasteiger partial charge < -0.3 is 5.73 Å². The van der Waals surface area contributed by atoms with Crippen LogP contribution in [0.15, 0.2) is 18.2 Å². The minimum Gasteiger partial charge on any atom is -0.326 e. The number of rotatable bonds is 1. The topological polar surface area (TPSA) is 63.4 Å². The Bertz CT molecular complexity index is 632. The summed E-state index contributed by atoms with van der Waals surface area (Å²) in [5.74, 6) is 0. The molecule has 2 aliphatic rings. The molecule has 3 rings (SSSR count). The molecule has 0 aromatic heterocycles. The third-order valence-electron chi connectivity index (χ3n) is 4.45. The van der Waals surface area contributed by atoms with E-state index in [1.165, 1.54) is 4.31 Å². The highest BCUT2D eigenvalue weighted by molar-refractivity contribution is 7.90. The van der Waals surface area contributed by atoms with E-state index in [0.29, 0.717) is 24.5 Å². The van der Waals surface area contributed by atoms with Gasteiger partial charge in [-0.25, -0.2) is 8.42 Å². The maximum Gasteiger partial charge on any atom is 0.225 e. The van der Waals surface area contributed by atoms with E-state index in [1.807, 2.05) is 19.1 Å². The van der Waals surface area contributed by atoms with Crippen molar-refractivity contribution in [3.05, 3.63) is 34.3 Å². The fraction of sp³-hybridized carbons (Fsp3) is 0.538. The normalized spacial score (nSPS) is 32.9. The van der Waals surface area contributed by atoms with Crippen LogP contribution in [0, 0.1) is 0 Å². The molecule has 19 heavy (non-hydrogen) atoms. The Morgan fingerprint density at radius 3 is 2.79 bits per heavy atom. The molecule has 1 spiro atoms. The molecule has 1 heterocycles. The quantitative estimate of drug-likeness (QED) is 0.860.